The van der Waals surface area contributed by atoms with E-state index in [2.05, 4.69) is 62.5 Å². The minimum absolute atomic E-state index is 0.179. The monoisotopic (exact) mass is 855 g/mol. The molecule has 0 aromatic carbocycles. The number of esters is 2. The molecule has 0 aromatic rings. The molecule has 11 heteroatoms. The van der Waals surface area contributed by atoms with Crippen LogP contribution in [-0.2, 0) is 32.7 Å². The Balaban J connectivity index is 4.27. The topological polar surface area (TPSA) is 149 Å². The third-order valence-corrected chi connectivity index (χ3v) is 10.9. The SMILES string of the molecule is CCC/C=C/C/C=C/C/C=C/C/C=C/CCCCCC(=O)OC[C@H](COP(=O)(O)OC[C@@H](O)CO)OC(=O)CCCCCCCCCCCCCCCCCCCCC. The summed E-state index contributed by atoms with van der Waals surface area (Å²) in [6, 6.07) is 0. The Kier molecular flexibility index (Phi) is 42.5. The average molecular weight is 855 g/mol. The Morgan fingerprint density at radius 2 is 0.915 bits per heavy atom. The zero-order chi connectivity index (χ0) is 43.3. The molecular formula is C48H87O10P. The lowest BCUT2D eigenvalue weighted by Crippen LogP contribution is -2.29. The molecule has 0 saturated carbocycles. The first-order valence-electron chi connectivity index (χ1n) is 23.6. The molecule has 0 aliphatic heterocycles. The van der Waals surface area contributed by atoms with E-state index in [4.69, 9.17) is 23.6 Å². The maximum Gasteiger partial charge on any atom is 0.472 e. The van der Waals surface area contributed by atoms with E-state index in [1.165, 1.54) is 103 Å². The van der Waals surface area contributed by atoms with Gasteiger partial charge >= 0.3 is 19.8 Å². The second-order valence-corrected chi connectivity index (χ2v) is 17.2. The van der Waals surface area contributed by atoms with Crippen LogP contribution in [0.4, 0.5) is 0 Å². The van der Waals surface area contributed by atoms with E-state index in [9.17, 15) is 24.2 Å². The molecule has 0 aliphatic rings. The van der Waals surface area contributed by atoms with Crippen LogP contribution >= 0.6 is 7.82 Å². The lowest BCUT2D eigenvalue weighted by Gasteiger charge is -2.20. The molecule has 3 atom stereocenters. The van der Waals surface area contributed by atoms with Gasteiger partial charge in [0.15, 0.2) is 6.10 Å². The molecular weight excluding hydrogens is 767 g/mol. The van der Waals surface area contributed by atoms with Crippen LogP contribution in [0.15, 0.2) is 48.6 Å². The number of aliphatic hydroxyl groups is 2. The Hall–Kier alpha value is -2.07. The molecule has 344 valence electrons. The van der Waals surface area contributed by atoms with Crippen molar-refractivity contribution in [3.8, 4) is 0 Å². The Morgan fingerprint density at radius 1 is 0.508 bits per heavy atom. The molecule has 0 rings (SSSR count). The van der Waals surface area contributed by atoms with Crippen LogP contribution < -0.4 is 0 Å². The average Bonchev–Trinajstić information content (AvgIpc) is 3.22. The number of phosphoric acid groups is 1. The van der Waals surface area contributed by atoms with Crippen molar-refractivity contribution in [3.63, 3.8) is 0 Å². The number of hydrogen-bond acceptors (Lipinski definition) is 9. The summed E-state index contributed by atoms with van der Waals surface area (Å²) in [5.74, 6) is -0.955. The molecule has 0 aromatic heterocycles. The summed E-state index contributed by atoms with van der Waals surface area (Å²) >= 11 is 0. The summed E-state index contributed by atoms with van der Waals surface area (Å²) < 4.78 is 32.8. The summed E-state index contributed by atoms with van der Waals surface area (Å²) in [7, 11) is -4.63. The van der Waals surface area contributed by atoms with Gasteiger partial charge in [-0.25, -0.2) is 4.57 Å². The standard InChI is InChI=1S/C48H87O10P/c1-3-5-7-9-11-13-15-17-19-21-22-24-26-28-30-32-34-36-38-40-48(52)58-46(44-57-59(53,54)56-42-45(50)41-49)43-55-47(51)39-37-35-33-31-29-27-25-23-20-18-16-14-12-10-8-6-4-2/h8,10,14,16,20,23,27,29,45-46,49-50H,3-7,9,11-13,15,17-19,21-22,24-26,28,30-44H2,1-2H3,(H,53,54)/b10-8+,16-14+,23-20+,29-27+/t45-,46+/m0/s1. The number of carbonyl (C=O) groups excluding carboxylic acids is 2. The highest BCUT2D eigenvalue weighted by Crippen LogP contribution is 2.43. The summed E-state index contributed by atoms with van der Waals surface area (Å²) in [6.45, 7) is 2.30. The number of phosphoric ester groups is 1. The summed E-state index contributed by atoms with van der Waals surface area (Å²) in [6.07, 6.45) is 47.9. The van der Waals surface area contributed by atoms with Gasteiger partial charge in [-0.1, -0.05) is 191 Å². The summed E-state index contributed by atoms with van der Waals surface area (Å²) in [5, 5.41) is 18.4. The number of rotatable bonds is 44. The third kappa shape index (κ3) is 43.8. The smallest absolute Gasteiger partial charge is 0.462 e. The first kappa shape index (κ1) is 56.9. The van der Waals surface area contributed by atoms with Crippen molar-refractivity contribution >= 4 is 19.8 Å². The summed E-state index contributed by atoms with van der Waals surface area (Å²) in [5.41, 5.74) is 0. The number of unbranched alkanes of at least 4 members (excludes halogenated alkanes) is 22. The van der Waals surface area contributed by atoms with Crippen molar-refractivity contribution in [3.05, 3.63) is 48.6 Å². The first-order chi connectivity index (χ1) is 28.7. The van der Waals surface area contributed by atoms with E-state index < -0.39 is 51.8 Å². The molecule has 3 N–H and O–H groups in total. The third-order valence-electron chi connectivity index (χ3n) is 9.97. The fraction of sp³-hybridized carbons (Fsp3) is 0.792. The minimum Gasteiger partial charge on any atom is -0.462 e. The first-order valence-corrected chi connectivity index (χ1v) is 25.1. The van der Waals surface area contributed by atoms with Crippen LogP contribution in [0.5, 0.6) is 0 Å². The number of aliphatic hydroxyl groups excluding tert-OH is 2. The molecule has 59 heavy (non-hydrogen) atoms. The lowest BCUT2D eigenvalue weighted by atomic mass is 10.0. The van der Waals surface area contributed by atoms with Gasteiger partial charge in [-0.2, -0.15) is 0 Å². The molecule has 0 radical (unpaired) electrons. The van der Waals surface area contributed by atoms with Crippen LogP contribution in [0.25, 0.3) is 0 Å². The molecule has 0 fully saturated rings. The number of allylic oxidation sites excluding steroid dienone is 8. The summed E-state index contributed by atoms with van der Waals surface area (Å²) in [4.78, 5) is 35.1. The minimum atomic E-state index is -4.63. The van der Waals surface area contributed by atoms with Crippen LogP contribution in [-0.4, -0.2) is 65.7 Å². The maximum atomic E-state index is 12.6. The molecule has 0 saturated heterocycles. The second kappa shape index (κ2) is 44.0. The van der Waals surface area contributed by atoms with Crippen molar-refractivity contribution in [2.45, 2.75) is 219 Å². The van der Waals surface area contributed by atoms with Crippen molar-refractivity contribution in [1.29, 1.82) is 0 Å². The van der Waals surface area contributed by atoms with Crippen LogP contribution in [0.3, 0.4) is 0 Å². The van der Waals surface area contributed by atoms with Gasteiger partial charge in [0.1, 0.15) is 12.7 Å². The highest BCUT2D eigenvalue weighted by molar-refractivity contribution is 7.47. The van der Waals surface area contributed by atoms with Gasteiger partial charge in [-0.3, -0.25) is 18.6 Å². The lowest BCUT2D eigenvalue weighted by molar-refractivity contribution is -0.161. The maximum absolute atomic E-state index is 12.6. The Labute approximate surface area is 360 Å². The van der Waals surface area contributed by atoms with E-state index in [1.54, 1.807) is 0 Å². The number of hydrogen-bond donors (Lipinski definition) is 3. The second-order valence-electron chi connectivity index (χ2n) is 15.8. The van der Waals surface area contributed by atoms with Gasteiger partial charge in [0, 0.05) is 12.8 Å². The van der Waals surface area contributed by atoms with E-state index in [1.807, 2.05) is 0 Å². The van der Waals surface area contributed by atoms with Crippen molar-refractivity contribution < 1.29 is 47.8 Å². The number of ether oxygens (including phenoxy) is 2. The van der Waals surface area contributed by atoms with Crippen LogP contribution in [0, 0.1) is 0 Å². The predicted molar refractivity (Wildman–Crippen MR) is 242 cm³/mol. The largest absolute Gasteiger partial charge is 0.472 e. The van der Waals surface area contributed by atoms with Gasteiger partial charge in [0.05, 0.1) is 19.8 Å². The van der Waals surface area contributed by atoms with Crippen molar-refractivity contribution in [2.75, 3.05) is 26.4 Å². The van der Waals surface area contributed by atoms with Gasteiger partial charge in [0.2, 0.25) is 0 Å². The Morgan fingerprint density at radius 3 is 1.39 bits per heavy atom. The van der Waals surface area contributed by atoms with Gasteiger partial charge in [0.25, 0.3) is 0 Å². The predicted octanol–water partition coefficient (Wildman–Crippen LogP) is 12.9. The molecule has 10 nitrogen and oxygen atoms in total. The quantitative estimate of drug-likeness (QED) is 0.0234. The fourth-order valence-electron chi connectivity index (χ4n) is 6.34. The molecule has 0 bridgehead atoms. The molecule has 0 heterocycles. The normalized spacial score (nSPS) is 14.2. The Bertz CT molecular complexity index is 1120. The molecule has 1 unspecified atom stereocenters. The zero-order valence-electron chi connectivity index (χ0n) is 37.5. The molecule has 0 amide bonds. The zero-order valence-corrected chi connectivity index (χ0v) is 38.4. The highest BCUT2D eigenvalue weighted by Gasteiger charge is 2.27. The van der Waals surface area contributed by atoms with Gasteiger partial charge in [-0.05, 0) is 51.4 Å². The van der Waals surface area contributed by atoms with E-state index >= 15 is 0 Å². The van der Waals surface area contributed by atoms with E-state index in [0.29, 0.717) is 12.8 Å². The van der Waals surface area contributed by atoms with Crippen molar-refractivity contribution in [1.82, 2.24) is 0 Å². The van der Waals surface area contributed by atoms with Gasteiger partial charge in [-0.15, -0.1) is 0 Å². The highest BCUT2D eigenvalue weighted by atomic mass is 31.2. The molecule has 0 aliphatic carbocycles. The van der Waals surface area contributed by atoms with Crippen molar-refractivity contribution in [2.24, 2.45) is 0 Å². The van der Waals surface area contributed by atoms with Gasteiger partial charge < -0.3 is 24.6 Å². The fourth-order valence-corrected chi connectivity index (χ4v) is 7.13. The number of carbonyl (C=O) groups is 2. The van der Waals surface area contributed by atoms with Crippen LogP contribution in [0.1, 0.15) is 206 Å². The van der Waals surface area contributed by atoms with E-state index in [0.717, 1.165) is 64.2 Å². The van der Waals surface area contributed by atoms with E-state index in [-0.39, 0.29) is 19.4 Å². The van der Waals surface area contributed by atoms with Crippen LogP contribution in [0.2, 0.25) is 0 Å². The molecule has 0 spiro atoms.